The topological polar surface area (TPSA) is 83.1 Å². The summed E-state index contributed by atoms with van der Waals surface area (Å²) >= 11 is 0. The van der Waals surface area contributed by atoms with Crippen molar-refractivity contribution in [1.29, 1.82) is 0 Å². The molecule has 0 bridgehead atoms. The Bertz CT molecular complexity index is 1130. The van der Waals surface area contributed by atoms with Crippen LogP contribution in [0.5, 0.6) is 0 Å². The molecule has 6 nitrogen and oxygen atoms in total. The van der Waals surface area contributed by atoms with E-state index in [1.165, 1.54) is 4.31 Å². The quantitative estimate of drug-likeness (QED) is 0.707. The van der Waals surface area contributed by atoms with Gasteiger partial charge in [-0.1, -0.05) is 12.1 Å². The first-order valence-electron chi connectivity index (χ1n) is 9.24. The van der Waals surface area contributed by atoms with Gasteiger partial charge < -0.3 is 4.98 Å². The lowest BCUT2D eigenvalue weighted by atomic mass is 10.0. The molecule has 1 saturated heterocycles. The van der Waals surface area contributed by atoms with Crippen LogP contribution in [-0.2, 0) is 20.8 Å². The summed E-state index contributed by atoms with van der Waals surface area (Å²) in [6.07, 6.45) is 3.03. The van der Waals surface area contributed by atoms with E-state index in [0.29, 0.717) is 24.3 Å². The third kappa shape index (κ3) is 3.52. The van der Waals surface area contributed by atoms with Crippen LogP contribution in [0.2, 0.25) is 0 Å². The molecule has 1 fully saturated rings. The molecule has 8 heteroatoms. The van der Waals surface area contributed by atoms with Gasteiger partial charge in [0.05, 0.1) is 4.90 Å². The summed E-state index contributed by atoms with van der Waals surface area (Å²) in [4.78, 5) is 7.85. The maximum atomic E-state index is 13.0. The minimum atomic E-state index is -3.58. The summed E-state index contributed by atoms with van der Waals surface area (Å²) in [6.45, 7) is 1.98. The minimum absolute atomic E-state index is 0.0926. The monoisotopic (exact) mass is 417 g/mol. The summed E-state index contributed by atoms with van der Waals surface area (Å²) in [6, 6.07) is 10.9. The van der Waals surface area contributed by atoms with Crippen LogP contribution in [0, 0.1) is 6.92 Å². The molecule has 1 aliphatic heterocycles. The van der Waals surface area contributed by atoms with Gasteiger partial charge in [0, 0.05) is 52.7 Å². The van der Waals surface area contributed by atoms with Crippen LogP contribution >= 0.6 is 0 Å². The predicted octanol–water partition coefficient (Wildman–Crippen LogP) is 3.07. The Hall–Kier alpha value is -2.03. The maximum absolute atomic E-state index is 13.0. The van der Waals surface area contributed by atoms with E-state index in [4.69, 9.17) is 0 Å². The van der Waals surface area contributed by atoms with Gasteiger partial charge in [0.15, 0.2) is 0 Å². The number of rotatable bonds is 4. The second-order valence-electron chi connectivity index (χ2n) is 7.20. The van der Waals surface area contributed by atoms with Gasteiger partial charge in [0.25, 0.3) is 0 Å². The molecule has 0 amide bonds. The van der Waals surface area contributed by atoms with Crippen LogP contribution < -0.4 is 0 Å². The Morgan fingerprint density at radius 3 is 2.50 bits per heavy atom. The molecule has 0 radical (unpaired) electrons. The molecule has 2 aromatic heterocycles. The van der Waals surface area contributed by atoms with E-state index in [-0.39, 0.29) is 10.9 Å². The Morgan fingerprint density at radius 2 is 1.82 bits per heavy atom. The number of fused-ring (bicyclic) bond motifs is 1. The molecule has 3 heterocycles. The van der Waals surface area contributed by atoms with Gasteiger partial charge in [-0.05, 0) is 55.2 Å². The summed E-state index contributed by atoms with van der Waals surface area (Å²) < 4.78 is 39.0. The van der Waals surface area contributed by atoms with Crippen LogP contribution in [0.4, 0.5) is 0 Å². The SMILES string of the molecule is Cc1cc2c(-c3ccc(S(=O)(=O)N(C)C4CCS(=O)CC4)cc3)ccnc2[nH]1. The van der Waals surface area contributed by atoms with Gasteiger partial charge in [-0.2, -0.15) is 4.31 Å². The number of nitrogens with one attached hydrogen (secondary N) is 1. The number of H-pyrrole nitrogens is 1. The minimum Gasteiger partial charge on any atom is -0.344 e. The third-order valence-electron chi connectivity index (χ3n) is 5.38. The lowest BCUT2D eigenvalue weighted by Gasteiger charge is -2.30. The summed E-state index contributed by atoms with van der Waals surface area (Å²) in [5, 5.41) is 1.02. The van der Waals surface area contributed by atoms with Crippen molar-refractivity contribution >= 4 is 31.9 Å². The zero-order valence-electron chi connectivity index (χ0n) is 15.9. The molecule has 1 N–H and O–H groups in total. The van der Waals surface area contributed by atoms with Gasteiger partial charge in [0.2, 0.25) is 10.0 Å². The summed E-state index contributed by atoms with van der Waals surface area (Å²) in [5.41, 5.74) is 3.81. The number of hydrogen-bond acceptors (Lipinski definition) is 4. The van der Waals surface area contributed by atoms with Crippen molar-refractivity contribution in [2.24, 2.45) is 0 Å². The Morgan fingerprint density at radius 1 is 1.14 bits per heavy atom. The van der Waals surface area contributed by atoms with Crippen molar-refractivity contribution < 1.29 is 12.6 Å². The van der Waals surface area contributed by atoms with Crippen LogP contribution in [0.1, 0.15) is 18.5 Å². The number of aryl methyl sites for hydroxylation is 1. The van der Waals surface area contributed by atoms with E-state index in [1.54, 1.807) is 25.4 Å². The first kappa shape index (κ1) is 19.3. The molecular weight excluding hydrogens is 394 g/mol. The number of hydrogen-bond donors (Lipinski definition) is 1. The van der Waals surface area contributed by atoms with Crippen molar-refractivity contribution in [3.63, 3.8) is 0 Å². The lowest BCUT2D eigenvalue weighted by Crippen LogP contribution is -2.41. The fraction of sp³-hybridized carbons (Fsp3) is 0.350. The average Bonchev–Trinajstić information content (AvgIpc) is 3.08. The van der Waals surface area contributed by atoms with Crippen molar-refractivity contribution in [1.82, 2.24) is 14.3 Å². The van der Waals surface area contributed by atoms with E-state index < -0.39 is 20.8 Å². The highest BCUT2D eigenvalue weighted by Gasteiger charge is 2.30. The molecule has 0 saturated carbocycles. The Labute approximate surface area is 167 Å². The zero-order valence-corrected chi connectivity index (χ0v) is 17.5. The van der Waals surface area contributed by atoms with Crippen LogP contribution in [0.25, 0.3) is 22.2 Å². The number of sulfonamides is 1. The Kier molecular flexibility index (Phi) is 5.11. The van der Waals surface area contributed by atoms with E-state index in [9.17, 15) is 12.6 Å². The average molecular weight is 418 g/mol. The number of nitrogens with zero attached hydrogens (tertiary/aromatic N) is 2. The molecular formula is C20H23N3O3S2. The van der Waals surface area contributed by atoms with E-state index in [1.807, 2.05) is 31.2 Å². The van der Waals surface area contributed by atoms with Gasteiger partial charge in [0.1, 0.15) is 5.65 Å². The molecule has 0 atom stereocenters. The number of pyridine rings is 1. The van der Waals surface area contributed by atoms with Crippen LogP contribution in [0.3, 0.4) is 0 Å². The number of benzene rings is 1. The maximum Gasteiger partial charge on any atom is 0.243 e. The largest absolute Gasteiger partial charge is 0.344 e. The lowest BCUT2D eigenvalue weighted by molar-refractivity contribution is 0.346. The van der Waals surface area contributed by atoms with Gasteiger partial charge in [-0.25, -0.2) is 13.4 Å². The second kappa shape index (κ2) is 7.42. The smallest absolute Gasteiger partial charge is 0.243 e. The highest BCUT2D eigenvalue weighted by atomic mass is 32.2. The number of aromatic nitrogens is 2. The van der Waals surface area contributed by atoms with Crippen molar-refractivity contribution in [3.8, 4) is 11.1 Å². The van der Waals surface area contributed by atoms with E-state index in [2.05, 4.69) is 9.97 Å². The molecule has 0 aliphatic carbocycles. The highest BCUT2D eigenvalue weighted by Crippen LogP contribution is 2.30. The van der Waals surface area contributed by atoms with E-state index in [0.717, 1.165) is 27.9 Å². The summed E-state index contributed by atoms with van der Waals surface area (Å²) in [7, 11) is -2.77. The van der Waals surface area contributed by atoms with Crippen LogP contribution in [0.15, 0.2) is 47.5 Å². The van der Waals surface area contributed by atoms with Gasteiger partial charge in [-0.15, -0.1) is 0 Å². The molecule has 4 rings (SSSR count). The second-order valence-corrected chi connectivity index (χ2v) is 10.9. The molecule has 148 valence electrons. The first-order valence-corrected chi connectivity index (χ1v) is 12.2. The molecule has 0 unspecified atom stereocenters. The third-order valence-corrected chi connectivity index (χ3v) is 8.69. The predicted molar refractivity (Wildman–Crippen MR) is 112 cm³/mol. The first-order chi connectivity index (χ1) is 13.4. The van der Waals surface area contributed by atoms with Crippen LogP contribution in [-0.4, -0.2) is 51.5 Å². The molecule has 1 aliphatic rings. The summed E-state index contributed by atoms with van der Waals surface area (Å²) in [5.74, 6) is 1.13. The standard InChI is InChI=1S/C20H23N3O3S2/c1-14-13-19-18(7-10-21-20(19)22-14)15-3-5-17(6-4-15)28(25,26)23(2)16-8-11-27(24)12-9-16/h3-7,10,13,16H,8-9,11-12H2,1-2H3,(H,21,22). The fourth-order valence-electron chi connectivity index (χ4n) is 3.72. The van der Waals surface area contributed by atoms with Crippen molar-refractivity contribution in [2.45, 2.75) is 30.7 Å². The van der Waals surface area contributed by atoms with Gasteiger partial charge >= 0.3 is 0 Å². The normalized spacial score (nSPS) is 20.7. The van der Waals surface area contributed by atoms with Crippen molar-refractivity contribution in [2.75, 3.05) is 18.6 Å². The van der Waals surface area contributed by atoms with E-state index >= 15 is 0 Å². The Balaban J connectivity index is 1.62. The molecule has 0 spiro atoms. The zero-order chi connectivity index (χ0) is 19.9. The molecule has 28 heavy (non-hydrogen) atoms. The van der Waals surface area contributed by atoms with Gasteiger partial charge in [-0.3, -0.25) is 4.21 Å². The molecule has 1 aromatic carbocycles. The highest BCUT2D eigenvalue weighted by molar-refractivity contribution is 7.89. The fourth-order valence-corrected chi connectivity index (χ4v) is 6.41. The number of aromatic amines is 1. The molecule has 3 aromatic rings. The van der Waals surface area contributed by atoms with Crippen molar-refractivity contribution in [3.05, 3.63) is 48.3 Å².